The van der Waals surface area contributed by atoms with Crippen LogP contribution >= 0.6 is 11.6 Å². The van der Waals surface area contributed by atoms with Crippen molar-refractivity contribution in [3.63, 3.8) is 0 Å². The van der Waals surface area contributed by atoms with E-state index in [2.05, 4.69) is 4.99 Å². The number of hydrogen-bond acceptors (Lipinski definition) is 3. The van der Waals surface area contributed by atoms with E-state index in [1.807, 2.05) is 0 Å². The number of nitrogens with zero attached hydrogens (tertiary/aromatic N) is 1. The summed E-state index contributed by atoms with van der Waals surface area (Å²) in [4.78, 5) is 15.8. The van der Waals surface area contributed by atoms with Gasteiger partial charge in [0.2, 0.25) is 5.78 Å². The minimum atomic E-state index is -4.48. The van der Waals surface area contributed by atoms with Gasteiger partial charge in [-0.25, -0.2) is 4.99 Å². The minimum Gasteiger partial charge on any atom is -0.435 e. The molecule has 7 heteroatoms. The molecule has 1 aliphatic heterocycles. The lowest BCUT2D eigenvalue weighted by atomic mass is 10.2. The van der Waals surface area contributed by atoms with Crippen LogP contribution in [0, 0.1) is 0 Å². The van der Waals surface area contributed by atoms with Crippen molar-refractivity contribution in [3.05, 3.63) is 70.8 Å². The summed E-state index contributed by atoms with van der Waals surface area (Å²) in [6.45, 7) is 0. The highest BCUT2D eigenvalue weighted by Gasteiger charge is 2.30. The van der Waals surface area contributed by atoms with E-state index in [1.165, 1.54) is 18.2 Å². The van der Waals surface area contributed by atoms with Crippen LogP contribution in [0.15, 0.2) is 59.6 Å². The summed E-state index contributed by atoms with van der Waals surface area (Å²) in [5.41, 5.74) is -0.249. The number of ketones is 1. The molecule has 1 aliphatic rings. The van der Waals surface area contributed by atoms with E-state index >= 15 is 0 Å². The van der Waals surface area contributed by atoms with Crippen LogP contribution in [-0.2, 0) is 15.7 Å². The van der Waals surface area contributed by atoms with Crippen molar-refractivity contribution in [2.24, 2.45) is 4.99 Å². The van der Waals surface area contributed by atoms with Gasteiger partial charge >= 0.3 is 6.18 Å². The molecule has 0 fully saturated rings. The van der Waals surface area contributed by atoms with Gasteiger partial charge in [-0.3, -0.25) is 4.79 Å². The highest BCUT2D eigenvalue weighted by atomic mass is 35.5. The summed E-state index contributed by atoms with van der Waals surface area (Å²) < 4.78 is 43.5. The first kappa shape index (κ1) is 16.3. The third-order valence-electron chi connectivity index (χ3n) is 3.21. The van der Waals surface area contributed by atoms with E-state index in [4.69, 9.17) is 16.3 Å². The number of benzene rings is 2. The average molecular weight is 352 g/mol. The summed E-state index contributed by atoms with van der Waals surface area (Å²) in [6, 6.07) is 10.9. The van der Waals surface area contributed by atoms with Crippen molar-refractivity contribution in [2.75, 3.05) is 0 Å². The fraction of sp³-hybridized carbons (Fsp3) is 0.0588. The number of rotatable bonds is 2. The fourth-order valence-corrected chi connectivity index (χ4v) is 2.19. The summed E-state index contributed by atoms with van der Waals surface area (Å²) in [6.07, 6.45) is -3.25. The zero-order chi connectivity index (χ0) is 17.3. The third kappa shape index (κ3) is 3.49. The molecule has 24 heavy (non-hydrogen) atoms. The molecule has 0 N–H and O–H groups in total. The van der Waals surface area contributed by atoms with E-state index in [0.717, 1.165) is 12.1 Å². The summed E-state index contributed by atoms with van der Waals surface area (Å²) in [7, 11) is 0. The van der Waals surface area contributed by atoms with Crippen LogP contribution in [0.3, 0.4) is 0 Å². The molecule has 0 radical (unpaired) electrons. The van der Waals surface area contributed by atoms with Crippen molar-refractivity contribution >= 4 is 34.7 Å². The summed E-state index contributed by atoms with van der Waals surface area (Å²) >= 11 is 5.79. The Bertz CT molecular complexity index is 855. The van der Waals surface area contributed by atoms with E-state index in [0.29, 0.717) is 10.6 Å². The van der Waals surface area contributed by atoms with Crippen molar-refractivity contribution in [3.8, 4) is 0 Å². The molecule has 0 saturated carbocycles. The first-order valence-corrected chi connectivity index (χ1v) is 7.16. The molecule has 2 aromatic carbocycles. The second kappa shape index (κ2) is 6.13. The summed E-state index contributed by atoms with van der Waals surface area (Å²) in [5, 5.41) is 0.529. The van der Waals surface area contributed by atoms with Crippen LogP contribution in [0.2, 0.25) is 5.02 Å². The Morgan fingerprint density at radius 3 is 2.42 bits per heavy atom. The van der Waals surface area contributed by atoms with Crippen LogP contribution in [0.25, 0.3) is 5.76 Å². The normalized spacial score (nSPS) is 16.2. The number of hydrogen-bond donors (Lipinski definition) is 0. The predicted molar refractivity (Wildman–Crippen MR) is 84.1 cm³/mol. The molecule has 0 aromatic heterocycles. The zero-order valence-corrected chi connectivity index (χ0v) is 12.7. The Morgan fingerprint density at radius 1 is 1.04 bits per heavy atom. The second-order valence-corrected chi connectivity index (χ2v) is 5.38. The van der Waals surface area contributed by atoms with Gasteiger partial charge in [-0.1, -0.05) is 17.7 Å². The van der Waals surface area contributed by atoms with Crippen molar-refractivity contribution in [1.29, 1.82) is 0 Å². The zero-order valence-electron chi connectivity index (χ0n) is 12.0. The first-order chi connectivity index (χ1) is 11.3. The summed E-state index contributed by atoms with van der Waals surface area (Å²) in [5.74, 6) is -0.529. The molecule has 2 aromatic rings. The Labute approximate surface area is 140 Å². The van der Waals surface area contributed by atoms with E-state index < -0.39 is 17.5 Å². The van der Waals surface area contributed by atoms with Gasteiger partial charge in [0.05, 0.1) is 11.3 Å². The van der Waals surface area contributed by atoms with Crippen LogP contribution in [-0.4, -0.2) is 11.7 Å². The number of carbonyl (C=O) groups excluding carboxylic acids is 1. The lowest BCUT2D eigenvalue weighted by Crippen LogP contribution is -2.07. The van der Waals surface area contributed by atoms with Gasteiger partial charge in [0, 0.05) is 16.7 Å². The minimum absolute atomic E-state index is 0.0149. The number of alkyl halides is 3. The van der Waals surface area contributed by atoms with E-state index in [-0.39, 0.29) is 17.3 Å². The molecular weight excluding hydrogens is 343 g/mol. The fourth-order valence-electron chi connectivity index (χ4n) is 2.07. The molecule has 3 nitrogen and oxygen atoms in total. The average Bonchev–Trinajstić information content (AvgIpc) is 2.88. The molecule has 0 spiro atoms. The standard InChI is InChI=1S/C17H9ClF3NO2/c18-12-6-4-10(5-7-12)15-9-14(23)16(24-15)22-13-3-1-2-11(8-13)17(19,20)21/h1-9H. The van der Waals surface area contributed by atoms with E-state index in [9.17, 15) is 18.0 Å². The number of halogens is 4. The SMILES string of the molecule is O=C1C=C(c2ccc(Cl)cc2)OC1=Nc1cccc(C(F)(F)F)c1. The molecule has 0 aliphatic carbocycles. The van der Waals surface area contributed by atoms with Crippen LogP contribution in [0.1, 0.15) is 11.1 Å². The van der Waals surface area contributed by atoms with Gasteiger partial charge in [-0.2, -0.15) is 13.2 Å². The van der Waals surface area contributed by atoms with Gasteiger partial charge < -0.3 is 4.74 Å². The smallest absolute Gasteiger partial charge is 0.416 e. The van der Waals surface area contributed by atoms with Gasteiger partial charge in [0.1, 0.15) is 5.76 Å². The van der Waals surface area contributed by atoms with E-state index in [1.54, 1.807) is 24.3 Å². The number of aliphatic imine (C=N–C) groups is 1. The van der Waals surface area contributed by atoms with Gasteiger partial charge in [-0.15, -0.1) is 0 Å². The van der Waals surface area contributed by atoms with Gasteiger partial charge in [-0.05, 0) is 42.5 Å². The van der Waals surface area contributed by atoms with Crippen molar-refractivity contribution < 1.29 is 22.7 Å². The Kier molecular flexibility index (Phi) is 4.15. The predicted octanol–water partition coefficient (Wildman–Crippen LogP) is 5.03. The Balaban J connectivity index is 1.86. The van der Waals surface area contributed by atoms with Crippen LogP contribution < -0.4 is 0 Å². The second-order valence-electron chi connectivity index (χ2n) is 4.95. The van der Waals surface area contributed by atoms with Crippen molar-refractivity contribution in [1.82, 2.24) is 0 Å². The Hall–Kier alpha value is -2.60. The third-order valence-corrected chi connectivity index (χ3v) is 3.46. The highest BCUT2D eigenvalue weighted by molar-refractivity contribution is 6.45. The number of ether oxygens (including phenoxy) is 1. The molecule has 1 heterocycles. The maximum Gasteiger partial charge on any atom is 0.416 e. The molecule has 0 atom stereocenters. The van der Waals surface area contributed by atoms with Crippen LogP contribution in [0.5, 0.6) is 0 Å². The Morgan fingerprint density at radius 2 is 1.75 bits per heavy atom. The molecular formula is C17H9ClF3NO2. The lowest BCUT2D eigenvalue weighted by molar-refractivity contribution is -0.137. The van der Waals surface area contributed by atoms with Crippen LogP contribution in [0.4, 0.5) is 18.9 Å². The molecule has 0 bridgehead atoms. The first-order valence-electron chi connectivity index (χ1n) is 6.79. The van der Waals surface area contributed by atoms with Gasteiger partial charge in [0.15, 0.2) is 0 Å². The molecule has 122 valence electrons. The quantitative estimate of drug-likeness (QED) is 0.761. The van der Waals surface area contributed by atoms with Gasteiger partial charge in [0.25, 0.3) is 5.90 Å². The topological polar surface area (TPSA) is 38.7 Å². The largest absolute Gasteiger partial charge is 0.435 e. The molecule has 0 unspecified atom stereocenters. The van der Waals surface area contributed by atoms with Crippen molar-refractivity contribution in [2.45, 2.75) is 6.18 Å². The number of carbonyl (C=O) groups is 1. The molecule has 0 amide bonds. The highest BCUT2D eigenvalue weighted by Crippen LogP contribution is 2.32. The monoisotopic (exact) mass is 351 g/mol. The maximum atomic E-state index is 12.7. The molecule has 0 saturated heterocycles. The lowest BCUT2D eigenvalue weighted by Gasteiger charge is -2.07. The molecule has 3 rings (SSSR count). The maximum absolute atomic E-state index is 12.7.